The number of halogens is 1. The molecule has 0 saturated carbocycles. The van der Waals surface area contributed by atoms with E-state index in [1.54, 1.807) is 0 Å². The molecule has 1 N–H and O–H groups in total. The van der Waals surface area contributed by atoms with Crippen molar-refractivity contribution in [3.8, 4) is 5.75 Å². The molecular weight excluding hydrogens is 278 g/mol. The van der Waals surface area contributed by atoms with Crippen LogP contribution in [-0.2, 0) is 6.54 Å². The van der Waals surface area contributed by atoms with Gasteiger partial charge in [0.2, 0.25) is 0 Å². The van der Waals surface area contributed by atoms with Gasteiger partial charge in [0.15, 0.2) is 0 Å². The van der Waals surface area contributed by atoms with Crippen molar-refractivity contribution in [2.45, 2.75) is 20.4 Å². The lowest BCUT2D eigenvalue weighted by Crippen LogP contribution is -2.20. The molecule has 102 valence electrons. The molecule has 0 spiro atoms. The van der Waals surface area contributed by atoms with Crippen molar-refractivity contribution < 1.29 is 4.74 Å². The molecule has 2 nitrogen and oxygen atoms in total. The quantitative estimate of drug-likeness (QED) is 0.807. The molecule has 1 heterocycles. The predicted molar refractivity (Wildman–Crippen MR) is 82.4 cm³/mol. The first-order valence-corrected chi connectivity index (χ1v) is 7.49. The molecule has 0 atom stereocenters. The largest absolute Gasteiger partial charge is 0.492 e. The molecule has 2 aromatic rings. The van der Waals surface area contributed by atoms with E-state index >= 15 is 0 Å². The molecule has 0 unspecified atom stereocenters. The van der Waals surface area contributed by atoms with Crippen LogP contribution >= 0.6 is 22.9 Å². The zero-order valence-electron chi connectivity index (χ0n) is 11.2. The Kier molecular flexibility index (Phi) is 5.25. The van der Waals surface area contributed by atoms with Crippen molar-refractivity contribution in [1.29, 1.82) is 0 Å². The highest BCUT2D eigenvalue weighted by molar-refractivity contribution is 7.11. The van der Waals surface area contributed by atoms with E-state index in [0.29, 0.717) is 6.61 Å². The molecule has 0 aliphatic heterocycles. The van der Waals surface area contributed by atoms with Crippen molar-refractivity contribution in [2.24, 2.45) is 0 Å². The van der Waals surface area contributed by atoms with Gasteiger partial charge in [-0.25, -0.2) is 0 Å². The van der Waals surface area contributed by atoms with E-state index in [-0.39, 0.29) is 0 Å². The Bertz CT molecular complexity index is 539. The fraction of sp³-hybridized carbons (Fsp3) is 0.333. The summed E-state index contributed by atoms with van der Waals surface area (Å²) in [4.78, 5) is 2.71. The zero-order chi connectivity index (χ0) is 13.7. The van der Waals surface area contributed by atoms with E-state index in [2.05, 4.69) is 24.4 Å². The minimum Gasteiger partial charge on any atom is -0.492 e. The number of aryl methyl sites for hydroxylation is 2. The third-order valence-corrected chi connectivity index (χ3v) is 4.00. The van der Waals surface area contributed by atoms with Crippen LogP contribution in [0.5, 0.6) is 5.75 Å². The number of ether oxygens (including phenoxy) is 1. The van der Waals surface area contributed by atoms with Gasteiger partial charge in [-0.3, -0.25) is 0 Å². The van der Waals surface area contributed by atoms with E-state index in [1.165, 1.54) is 9.75 Å². The first kappa shape index (κ1) is 14.4. The van der Waals surface area contributed by atoms with E-state index in [0.717, 1.165) is 29.4 Å². The van der Waals surface area contributed by atoms with Gasteiger partial charge in [-0.15, -0.1) is 11.3 Å². The summed E-state index contributed by atoms with van der Waals surface area (Å²) in [5, 5.41) is 4.12. The molecule has 0 aliphatic carbocycles. The number of rotatable bonds is 6. The Morgan fingerprint density at radius 3 is 2.74 bits per heavy atom. The highest BCUT2D eigenvalue weighted by atomic mass is 35.5. The van der Waals surface area contributed by atoms with Crippen LogP contribution in [0.4, 0.5) is 0 Å². The monoisotopic (exact) mass is 295 g/mol. The maximum atomic E-state index is 5.90. The summed E-state index contributed by atoms with van der Waals surface area (Å²) in [5.41, 5.74) is 1.07. The van der Waals surface area contributed by atoms with Crippen molar-refractivity contribution in [2.75, 3.05) is 13.2 Å². The van der Waals surface area contributed by atoms with Crippen LogP contribution in [0.25, 0.3) is 0 Å². The Labute approximate surface area is 123 Å². The summed E-state index contributed by atoms with van der Waals surface area (Å²) in [6, 6.07) is 10.00. The molecule has 1 aromatic heterocycles. The molecule has 0 amide bonds. The second-order valence-corrected chi connectivity index (χ2v) is 6.26. The number of hydrogen-bond donors (Lipinski definition) is 1. The van der Waals surface area contributed by atoms with Crippen LogP contribution in [-0.4, -0.2) is 13.2 Å². The average Bonchev–Trinajstić information content (AvgIpc) is 2.77. The molecule has 2 rings (SSSR count). The van der Waals surface area contributed by atoms with Crippen LogP contribution in [0.1, 0.15) is 15.3 Å². The number of benzene rings is 1. The maximum absolute atomic E-state index is 5.90. The number of thiophene rings is 1. The van der Waals surface area contributed by atoms with Gasteiger partial charge < -0.3 is 10.1 Å². The number of hydrogen-bond acceptors (Lipinski definition) is 3. The molecule has 1 aromatic carbocycles. The van der Waals surface area contributed by atoms with Gasteiger partial charge in [0.05, 0.1) is 0 Å². The molecular formula is C15H18ClNOS. The van der Waals surface area contributed by atoms with Crippen molar-refractivity contribution in [3.63, 3.8) is 0 Å². The van der Waals surface area contributed by atoms with Gasteiger partial charge >= 0.3 is 0 Å². The highest BCUT2D eigenvalue weighted by Crippen LogP contribution is 2.21. The van der Waals surface area contributed by atoms with Crippen molar-refractivity contribution in [1.82, 2.24) is 5.32 Å². The summed E-state index contributed by atoms with van der Waals surface area (Å²) in [7, 11) is 0. The minimum atomic E-state index is 0.660. The SMILES string of the molecule is Cc1ccc(CNCCOc2ccc(Cl)cc2C)s1. The van der Waals surface area contributed by atoms with Gasteiger partial charge in [-0.05, 0) is 49.7 Å². The van der Waals surface area contributed by atoms with E-state index in [4.69, 9.17) is 16.3 Å². The van der Waals surface area contributed by atoms with Crippen LogP contribution in [0.2, 0.25) is 5.02 Å². The van der Waals surface area contributed by atoms with Crippen molar-refractivity contribution in [3.05, 3.63) is 50.7 Å². The summed E-state index contributed by atoms with van der Waals surface area (Å²) in [5.74, 6) is 0.901. The van der Waals surface area contributed by atoms with Crippen LogP contribution < -0.4 is 10.1 Å². The highest BCUT2D eigenvalue weighted by Gasteiger charge is 2.00. The lowest BCUT2D eigenvalue weighted by atomic mass is 10.2. The fourth-order valence-electron chi connectivity index (χ4n) is 1.80. The van der Waals surface area contributed by atoms with Gasteiger partial charge in [0.25, 0.3) is 0 Å². The Balaban J connectivity index is 1.69. The fourth-order valence-corrected chi connectivity index (χ4v) is 2.89. The summed E-state index contributed by atoms with van der Waals surface area (Å²) >= 11 is 7.73. The molecule has 0 bridgehead atoms. The summed E-state index contributed by atoms with van der Waals surface area (Å²) in [6.07, 6.45) is 0. The Hall–Kier alpha value is -1.03. The second-order valence-electron chi connectivity index (χ2n) is 4.45. The van der Waals surface area contributed by atoms with Crippen LogP contribution in [0, 0.1) is 13.8 Å². The van der Waals surface area contributed by atoms with E-state index < -0.39 is 0 Å². The predicted octanol–water partition coefficient (Wildman–Crippen LogP) is 4.19. The molecule has 4 heteroatoms. The molecule has 0 saturated heterocycles. The summed E-state index contributed by atoms with van der Waals surface area (Å²) < 4.78 is 5.72. The zero-order valence-corrected chi connectivity index (χ0v) is 12.8. The third kappa shape index (κ3) is 4.53. The van der Waals surface area contributed by atoms with E-state index in [9.17, 15) is 0 Å². The summed E-state index contributed by atoms with van der Waals surface area (Å²) in [6.45, 7) is 6.52. The van der Waals surface area contributed by atoms with E-state index in [1.807, 2.05) is 36.5 Å². The third-order valence-electron chi connectivity index (χ3n) is 2.77. The van der Waals surface area contributed by atoms with Gasteiger partial charge in [0.1, 0.15) is 12.4 Å². The lowest BCUT2D eigenvalue weighted by Gasteiger charge is -2.09. The molecule has 19 heavy (non-hydrogen) atoms. The topological polar surface area (TPSA) is 21.3 Å². The van der Waals surface area contributed by atoms with Crippen LogP contribution in [0.15, 0.2) is 30.3 Å². The normalized spacial score (nSPS) is 10.7. The average molecular weight is 296 g/mol. The Morgan fingerprint density at radius 2 is 2.05 bits per heavy atom. The van der Waals surface area contributed by atoms with Gasteiger partial charge in [-0.1, -0.05) is 11.6 Å². The Morgan fingerprint density at radius 1 is 1.21 bits per heavy atom. The maximum Gasteiger partial charge on any atom is 0.122 e. The lowest BCUT2D eigenvalue weighted by molar-refractivity contribution is 0.312. The minimum absolute atomic E-state index is 0.660. The molecule has 0 radical (unpaired) electrons. The second kappa shape index (κ2) is 6.94. The first-order valence-electron chi connectivity index (χ1n) is 6.30. The van der Waals surface area contributed by atoms with Gasteiger partial charge in [-0.2, -0.15) is 0 Å². The first-order chi connectivity index (χ1) is 9.15. The van der Waals surface area contributed by atoms with Gasteiger partial charge in [0, 0.05) is 27.9 Å². The van der Waals surface area contributed by atoms with Crippen LogP contribution in [0.3, 0.4) is 0 Å². The number of nitrogens with one attached hydrogen (secondary N) is 1. The standard InChI is InChI=1S/C15H18ClNOS/c1-11-9-13(16)4-6-15(11)18-8-7-17-10-14-5-3-12(2)19-14/h3-6,9,17H,7-8,10H2,1-2H3. The molecule has 0 aliphatic rings. The van der Waals surface area contributed by atoms with Crippen molar-refractivity contribution >= 4 is 22.9 Å². The molecule has 0 fully saturated rings. The smallest absolute Gasteiger partial charge is 0.122 e.